The lowest BCUT2D eigenvalue weighted by Crippen LogP contribution is -2.45. The van der Waals surface area contributed by atoms with Gasteiger partial charge in [0, 0.05) is 6.92 Å². The van der Waals surface area contributed by atoms with Gasteiger partial charge in [0.05, 0.1) is 6.10 Å². The zero-order valence-electron chi connectivity index (χ0n) is 17.2. The highest BCUT2D eigenvalue weighted by Gasteiger charge is 2.56. The number of aryl methyl sites for hydroxylation is 1. The number of hydrogen-bond acceptors (Lipinski definition) is 5. The van der Waals surface area contributed by atoms with E-state index in [-0.39, 0.29) is 17.3 Å². The van der Waals surface area contributed by atoms with Gasteiger partial charge in [-0.05, 0) is 91.4 Å². The van der Waals surface area contributed by atoms with Crippen molar-refractivity contribution in [2.45, 2.75) is 77.2 Å². The van der Waals surface area contributed by atoms with E-state index in [0.717, 1.165) is 63.9 Å². The molecule has 5 atom stereocenters. The number of nitrogens with one attached hydrogen (secondary N) is 1. The summed E-state index contributed by atoms with van der Waals surface area (Å²) in [5.74, 6) is 1.21. The molecular weight excluding hydrogens is 390 g/mol. The molecule has 0 spiro atoms. The maximum absolute atomic E-state index is 11.9. The normalized spacial score (nSPS) is 33.3. The van der Waals surface area contributed by atoms with E-state index >= 15 is 0 Å². The largest absolute Gasteiger partial charge is 0.409 e. The minimum Gasteiger partial charge on any atom is -0.393 e. The second kappa shape index (κ2) is 7.58. The van der Waals surface area contributed by atoms with E-state index in [2.05, 4.69) is 6.92 Å². The van der Waals surface area contributed by atoms with Crippen LogP contribution in [0.4, 0.5) is 0 Å². The number of fused-ring (bicyclic) bond motifs is 5. The maximum atomic E-state index is 11.9. The lowest BCUT2D eigenvalue weighted by Gasteiger charge is -2.51. The Morgan fingerprint density at radius 1 is 1.28 bits per heavy atom. The SMILES string of the molecule is CCCC12CCC3c4ccc(OS(=O)(=O)NC(C)=O)cc4CCC3C1CC[C@@H]2O. The summed E-state index contributed by atoms with van der Waals surface area (Å²) >= 11 is 0. The molecule has 3 aliphatic rings. The van der Waals surface area contributed by atoms with Gasteiger partial charge in [-0.1, -0.05) is 19.4 Å². The van der Waals surface area contributed by atoms with Crippen molar-refractivity contribution in [1.29, 1.82) is 0 Å². The molecule has 0 heterocycles. The third-order valence-corrected chi connectivity index (χ3v) is 8.51. The highest BCUT2D eigenvalue weighted by atomic mass is 32.2. The van der Waals surface area contributed by atoms with Crippen LogP contribution in [0.1, 0.15) is 75.8 Å². The van der Waals surface area contributed by atoms with Crippen LogP contribution in [0.5, 0.6) is 5.75 Å². The Labute approximate surface area is 173 Å². The fourth-order valence-electron chi connectivity index (χ4n) is 6.66. The van der Waals surface area contributed by atoms with Gasteiger partial charge in [-0.2, -0.15) is 8.42 Å². The van der Waals surface area contributed by atoms with E-state index in [1.807, 2.05) is 16.9 Å². The molecule has 4 rings (SSSR count). The number of carbonyl (C=O) groups is 1. The fourth-order valence-corrected chi connectivity index (χ4v) is 7.41. The maximum Gasteiger partial charge on any atom is 0.409 e. The molecule has 7 heteroatoms. The van der Waals surface area contributed by atoms with Crippen molar-refractivity contribution in [3.05, 3.63) is 29.3 Å². The Morgan fingerprint density at radius 2 is 2.07 bits per heavy atom. The molecule has 2 fully saturated rings. The van der Waals surface area contributed by atoms with Crippen molar-refractivity contribution < 1.29 is 22.5 Å². The van der Waals surface area contributed by atoms with E-state index in [1.165, 1.54) is 5.56 Å². The van der Waals surface area contributed by atoms with Crippen molar-refractivity contribution in [1.82, 2.24) is 4.72 Å². The minimum atomic E-state index is -4.14. The van der Waals surface area contributed by atoms with Crippen LogP contribution in [-0.2, 0) is 21.5 Å². The van der Waals surface area contributed by atoms with Gasteiger partial charge >= 0.3 is 10.3 Å². The third-order valence-electron chi connectivity index (χ3n) is 7.56. The number of hydrogen-bond donors (Lipinski definition) is 2. The third kappa shape index (κ3) is 3.67. The molecular formula is C22H31NO5S. The van der Waals surface area contributed by atoms with Gasteiger partial charge in [-0.15, -0.1) is 0 Å². The summed E-state index contributed by atoms with van der Waals surface area (Å²) in [7, 11) is -4.14. The van der Waals surface area contributed by atoms with Crippen molar-refractivity contribution in [2.75, 3.05) is 0 Å². The average molecular weight is 422 g/mol. The zero-order valence-corrected chi connectivity index (χ0v) is 18.0. The first-order valence-electron chi connectivity index (χ1n) is 10.8. The second-order valence-electron chi connectivity index (χ2n) is 9.09. The predicted molar refractivity (Wildman–Crippen MR) is 110 cm³/mol. The minimum absolute atomic E-state index is 0.100. The molecule has 2 N–H and O–H groups in total. The molecule has 4 unspecified atom stereocenters. The summed E-state index contributed by atoms with van der Waals surface area (Å²) in [6.07, 6.45) is 8.23. The first kappa shape index (κ1) is 20.7. The van der Waals surface area contributed by atoms with Crippen molar-refractivity contribution in [3.8, 4) is 5.75 Å². The lowest BCUT2D eigenvalue weighted by atomic mass is 9.53. The molecule has 29 heavy (non-hydrogen) atoms. The lowest BCUT2D eigenvalue weighted by molar-refractivity contribution is -0.117. The van der Waals surface area contributed by atoms with Crippen LogP contribution in [0.2, 0.25) is 0 Å². The molecule has 0 aliphatic heterocycles. The van der Waals surface area contributed by atoms with Gasteiger partial charge in [0.25, 0.3) is 0 Å². The Balaban J connectivity index is 1.57. The Morgan fingerprint density at radius 3 is 2.79 bits per heavy atom. The monoisotopic (exact) mass is 421 g/mol. The summed E-state index contributed by atoms with van der Waals surface area (Å²) in [6, 6.07) is 5.50. The molecule has 1 aromatic rings. The van der Waals surface area contributed by atoms with Crippen LogP contribution in [0.25, 0.3) is 0 Å². The molecule has 2 saturated carbocycles. The van der Waals surface area contributed by atoms with Gasteiger partial charge in [0.1, 0.15) is 5.75 Å². The van der Waals surface area contributed by atoms with Crippen LogP contribution in [0.3, 0.4) is 0 Å². The summed E-state index contributed by atoms with van der Waals surface area (Å²) in [5.41, 5.74) is 2.54. The van der Waals surface area contributed by atoms with Crippen molar-refractivity contribution in [2.24, 2.45) is 17.3 Å². The quantitative estimate of drug-likeness (QED) is 0.760. The first-order chi connectivity index (χ1) is 13.8. The number of aliphatic hydroxyl groups is 1. The van der Waals surface area contributed by atoms with Crippen LogP contribution >= 0.6 is 0 Å². The van der Waals surface area contributed by atoms with E-state index in [1.54, 1.807) is 6.07 Å². The molecule has 0 aromatic heterocycles. The molecule has 1 aromatic carbocycles. The number of aliphatic hydroxyl groups excluding tert-OH is 1. The van der Waals surface area contributed by atoms with Crippen LogP contribution < -0.4 is 8.91 Å². The average Bonchev–Trinajstić information content (AvgIpc) is 2.97. The Kier molecular flexibility index (Phi) is 5.40. The van der Waals surface area contributed by atoms with Gasteiger partial charge in [0.15, 0.2) is 0 Å². The van der Waals surface area contributed by atoms with Gasteiger partial charge in [-0.25, -0.2) is 4.72 Å². The summed E-state index contributed by atoms with van der Waals surface area (Å²) in [5, 5.41) is 10.8. The zero-order chi connectivity index (χ0) is 20.8. The molecule has 0 bridgehead atoms. The number of rotatable bonds is 5. The van der Waals surface area contributed by atoms with Crippen LogP contribution in [-0.4, -0.2) is 25.5 Å². The van der Waals surface area contributed by atoms with Crippen LogP contribution in [0.15, 0.2) is 18.2 Å². The Bertz CT molecular complexity index is 898. The summed E-state index contributed by atoms with van der Waals surface area (Å²) < 4.78 is 30.6. The van der Waals surface area contributed by atoms with Crippen molar-refractivity contribution in [3.63, 3.8) is 0 Å². The number of benzene rings is 1. The van der Waals surface area contributed by atoms with E-state index in [9.17, 15) is 18.3 Å². The fraction of sp³-hybridized carbons (Fsp3) is 0.682. The highest BCUT2D eigenvalue weighted by Crippen LogP contribution is 2.62. The molecule has 6 nitrogen and oxygen atoms in total. The van der Waals surface area contributed by atoms with Gasteiger partial charge in [-0.3, -0.25) is 4.79 Å². The summed E-state index contributed by atoms with van der Waals surface area (Å²) in [6.45, 7) is 3.35. The van der Waals surface area contributed by atoms with E-state index in [0.29, 0.717) is 17.8 Å². The number of amides is 1. The summed E-state index contributed by atoms with van der Waals surface area (Å²) in [4.78, 5) is 11.0. The number of carbonyl (C=O) groups excluding carboxylic acids is 1. The first-order valence-corrected chi connectivity index (χ1v) is 12.2. The van der Waals surface area contributed by atoms with Gasteiger partial charge in [0.2, 0.25) is 5.91 Å². The second-order valence-corrected chi connectivity index (χ2v) is 10.4. The molecule has 0 saturated heterocycles. The molecule has 3 aliphatic carbocycles. The highest BCUT2D eigenvalue weighted by molar-refractivity contribution is 7.85. The molecule has 1 amide bonds. The van der Waals surface area contributed by atoms with Crippen molar-refractivity contribution >= 4 is 16.2 Å². The topological polar surface area (TPSA) is 92.7 Å². The van der Waals surface area contributed by atoms with Crippen LogP contribution in [0, 0.1) is 17.3 Å². The molecule has 160 valence electrons. The smallest absolute Gasteiger partial charge is 0.393 e. The standard InChI is InChI=1S/C22H31NO5S/c1-3-11-22-12-10-18-17-7-5-16(28-29(26,27)23-14(2)24)13-15(17)4-6-19(18)20(22)8-9-21(22)25/h5,7,13,18-21,25H,3-4,6,8-12H2,1-2H3,(H,23,24)/t18?,19?,20?,21-,22?/m0/s1. The molecule has 0 radical (unpaired) electrons. The van der Waals surface area contributed by atoms with Gasteiger partial charge < -0.3 is 9.29 Å². The van der Waals surface area contributed by atoms with E-state index < -0.39 is 16.2 Å². The Hall–Kier alpha value is -1.60. The predicted octanol–water partition coefficient (Wildman–Crippen LogP) is 3.44. The van der Waals surface area contributed by atoms with E-state index in [4.69, 9.17) is 4.18 Å².